The lowest BCUT2D eigenvalue weighted by Crippen LogP contribution is -2.33. The molecule has 0 spiro atoms. The Morgan fingerprint density at radius 1 is 1.44 bits per heavy atom. The quantitative estimate of drug-likeness (QED) is 0.454. The van der Waals surface area contributed by atoms with Gasteiger partial charge >= 0.3 is 0 Å². The molecule has 0 aliphatic rings. The van der Waals surface area contributed by atoms with Crippen LogP contribution in [-0.2, 0) is 6.54 Å². The summed E-state index contributed by atoms with van der Waals surface area (Å²) >= 11 is 6.73. The van der Waals surface area contributed by atoms with Gasteiger partial charge < -0.3 is 20.0 Å². The number of hydrogen-bond acceptors (Lipinski definition) is 4. The van der Waals surface area contributed by atoms with Crippen molar-refractivity contribution in [2.75, 3.05) is 33.4 Å². The van der Waals surface area contributed by atoms with E-state index in [2.05, 4.69) is 15.5 Å². The molecule has 2 N–H and O–H groups in total. The summed E-state index contributed by atoms with van der Waals surface area (Å²) in [5.74, 6) is 2.03. The molecule has 0 amide bonds. The van der Waals surface area contributed by atoms with E-state index in [-0.39, 0.29) is 0 Å². The molecule has 18 heavy (non-hydrogen) atoms. The minimum Gasteiger partial charge on any atom is -0.454 e. The summed E-state index contributed by atoms with van der Waals surface area (Å²) in [5.41, 5.74) is 0. The molecule has 0 fully saturated rings. The average Bonchev–Trinajstić information content (AvgIpc) is 2.75. The van der Waals surface area contributed by atoms with Gasteiger partial charge in [0.15, 0.2) is 10.2 Å². The van der Waals surface area contributed by atoms with Gasteiger partial charge in [0, 0.05) is 19.3 Å². The first-order chi connectivity index (χ1) is 8.61. The van der Waals surface area contributed by atoms with Gasteiger partial charge in [-0.05, 0) is 44.9 Å². The van der Waals surface area contributed by atoms with Crippen molar-refractivity contribution in [1.29, 1.82) is 0 Å². The number of rotatable bonds is 7. The second-order valence-electron chi connectivity index (χ2n) is 4.17. The highest BCUT2D eigenvalue weighted by Gasteiger charge is 2.03. The monoisotopic (exact) mass is 287 g/mol. The summed E-state index contributed by atoms with van der Waals surface area (Å²) in [6.07, 6.45) is 1.05. The van der Waals surface area contributed by atoms with Crippen LogP contribution in [0.2, 0.25) is 0 Å². The first-order valence-corrected chi connectivity index (χ1v) is 7.33. The van der Waals surface area contributed by atoms with Gasteiger partial charge in [0.2, 0.25) is 0 Å². The molecule has 102 valence electrons. The maximum absolute atomic E-state index is 5.71. The van der Waals surface area contributed by atoms with Gasteiger partial charge in [0.1, 0.15) is 5.76 Å². The van der Waals surface area contributed by atoms with Crippen molar-refractivity contribution in [1.82, 2.24) is 15.5 Å². The Balaban J connectivity index is 2.15. The molecule has 1 aromatic rings. The van der Waals surface area contributed by atoms with Crippen LogP contribution in [0.5, 0.6) is 0 Å². The Hall–Kier alpha value is -0.720. The average molecular weight is 287 g/mol. The molecule has 0 aliphatic carbocycles. The van der Waals surface area contributed by atoms with Crippen molar-refractivity contribution in [3.05, 3.63) is 17.9 Å². The minimum atomic E-state index is 0.700. The molecule has 1 aromatic heterocycles. The van der Waals surface area contributed by atoms with Gasteiger partial charge in [-0.1, -0.05) is 11.8 Å². The lowest BCUT2D eigenvalue weighted by molar-refractivity contribution is 0.329. The van der Waals surface area contributed by atoms with E-state index >= 15 is 0 Å². The highest BCUT2D eigenvalue weighted by atomic mass is 32.2. The number of furan rings is 1. The van der Waals surface area contributed by atoms with E-state index in [9.17, 15) is 0 Å². The molecule has 0 bridgehead atoms. The fraction of sp³-hybridized carbons (Fsp3) is 0.583. The normalized spacial score (nSPS) is 10.7. The van der Waals surface area contributed by atoms with Crippen LogP contribution < -0.4 is 10.6 Å². The number of nitrogens with zero attached hydrogens (tertiary/aromatic N) is 1. The smallest absolute Gasteiger partial charge is 0.166 e. The van der Waals surface area contributed by atoms with E-state index < -0.39 is 0 Å². The Morgan fingerprint density at radius 3 is 2.89 bits per heavy atom. The zero-order chi connectivity index (χ0) is 13.4. The predicted octanol–water partition coefficient (Wildman–Crippen LogP) is 1.92. The van der Waals surface area contributed by atoms with Crippen LogP contribution in [0.1, 0.15) is 12.2 Å². The third-order valence-corrected chi connectivity index (χ3v) is 3.53. The van der Waals surface area contributed by atoms with E-state index in [1.807, 2.05) is 33.3 Å². The Bertz CT molecular complexity index is 366. The highest BCUT2D eigenvalue weighted by molar-refractivity contribution is 7.99. The third-order valence-electron chi connectivity index (χ3n) is 2.19. The number of thiocarbonyl (C=S) groups is 1. The SMILES string of the molecule is CNC(=S)NCCCSc1ccc(CN(C)C)o1. The van der Waals surface area contributed by atoms with Crippen LogP contribution in [0.4, 0.5) is 0 Å². The summed E-state index contributed by atoms with van der Waals surface area (Å²) in [4.78, 5) is 2.09. The standard InChI is InChI=1S/C12H21N3OS2/c1-13-12(17)14-7-4-8-18-11-6-5-10(16-11)9-15(2)3/h5-6H,4,7-9H2,1-3H3,(H2,13,14,17). The summed E-state index contributed by atoms with van der Waals surface area (Å²) in [5, 5.41) is 7.69. The van der Waals surface area contributed by atoms with Gasteiger partial charge in [-0.2, -0.15) is 0 Å². The summed E-state index contributed by atoms with van der Waals surface area (Å²) < 4.78 is 5.71. The highest BCUT2D eigenvalue weighted by Crippen LogP contribution is 2.21. The number of hydrogen-bond donors (Lipinski definition) is 2. The molecule has 0 saturated heterocycles. The van der Waals surface area contributed by atoms with Gasteiger partial charge in [0.05, 0.1) is 6.54 Å². The van der Waals surface area contributed by atoms with Crippen molar-refractivity contribution in [3.63, 3.8) is 0 Å². The fourth-order valence-electron chi connectivity index (χ4n) is 1.37. The molecule has 0 unspecified atom stereocenters. The van der Waals surface area contributed by atoms with E-state index in [4.69, 9.17) is 16.6 Å². The molecule has 4 nitrogen and oxygen atoms in total. The van der Waals surface area contributed by atoms with Gasteiger partial charge in [-0.25, -0.2) is 0 Å². The first-order valence-electron chi connectivity index (χ1n) is 5.93. The molecule has 0 aromatic carbocycles. The van der Waals surface area contributed by atoms with E-state index in [1.165, 1.54) is 0 Å². The largest absolute Gasteiger partial charge is 0.454 e. The van der Waals surface area contributed by atoms with Crippen LogP contribution in [0.3, 0.4) is 0 Å². The molecule has 1 rings (SSSR count). The van der Waals surface area contributed by atoms with E-state index in [0.717, 1.165) is 36.1 Å². The zero-order valence-corrected chi connectivity index (χ0v) is 12.8. The molecular weight excluding hydrogens is 266 g/mol. The lowest BCUT2D eigenvalue weighted by Gasteiger charge is -2.06. The topological polar surface area (TPSA) is 40.4 Å². The van der Waals surface area contributed by atoms with Gasteiger partial charge in [0.25, 0.3) is 0 Å². The maximum Gasteiger partial charge on any atom is 0.166 e. The number of nitrogens with one attached hydrogen (secondary N) is 2. The summed E-state index contributed by atoms with van der Waals surface area (Å²) in [6.45, 7) is 1.73. The minimum absolute atomic E-state index is 0.700. The zero-order valence-electron chi connectivity index (χ0n) is 11.2. The fourth-order valence-corrected chi connectivity index (χ4v) is 2.29. The summed E-state index contributed by atoms with van der Waals surface area (Å²) in [7, 11) is 5.89. The molecule has 0 atom stereocenters. The van der Waals surface area contributed by atoms with Crippen molar-refractivity contribution < 1.29 is 4.42 Å². The summed E-state index contributed by atoms with van der Waals surface area (Å²) in [6, 6.07) is 4.08. The lowest BCUT2D eigenvalue weighted by atomic mass is 10.4. The van der Waals surface area contributed by atoms with Crippen molar-refractivity contribution in [2.24, 2.45) is 0 Å². The predicted molar refractivity (Wildman–Crippen MR) is 81.1 cm³/mol. The van der Waals surface area contributed by atoms with Crippen LogP contribution >= 0.6 is 24.0 Å². The molecule has 0 aliphatic heterocycles. The molecule has 0 radical (unpaired) electrons. The van der Waals surface area contributed by atoms with Crippen molar-refractivity contribution in [3.8, 4) is 0 Å². The Labute approximate surface area is 118 Å². The van der Waals surface area contributed by atoms with Gasteiger partial charge in [-0.3, -0.25) is 0 Å². The van der Waals surface area contributed by atoms with Crippen molar-refractivity contribution in [2.45, 2.75) is 18.1 Å². The third kappa shape index (κ3) is 6.28. The second-order valence-corrected chi connectivity index (χ2v) is 5.67. The second kappa shape index (κ2) is 8.39. The molecular formula is C12H21N3OS2. The maximum atomic E-state index is 5.71. The van der Waals surface area contributed by atoms with Crippen LogP contribution in [0, 0.1) is 0 Å². The molecule has 6 heteroatoms. The van der Waals surface area contributed by atoms with E-state index in [0.29, 0.717) is 5.11 Å². The van der Waals surface area contributed by atoms with Crippen molar-refractivity contribution >= 4 is 29.1 Å². The van der Waals surface area contributed by atoms with Crippen LogP contribution in [0.15, 0.2) is 21.6 Å². The first kappa shape index (κ1) is 15.3. The Kier molecular flexibility index (Phi) is 7.15. The van der Waals surface area contributed by atoms with Crippen LogP contribution in [0.25, 0.3) is 0 Å². The molecule has 1 heterocycles. The molecule has 0 saturated carbocycles. The Morgan fingerprint density at radius 2 is 2.22 bits per heavy atom. The van der Waals surface area contributed by atoms with Gasteiger partial charge in [-0.15, -0.1) is 0 Å². The van der Waals surface area contributed by atoms with Crippen LogP contribution in [-0.4, -0.2) is 43.5 Å². The number of thioether (sulfide) groups is 1. The van der Waals surface area contributed by atoms with E-state index in [1.54, 1.807) is 11.8 Å².